The maximum absolute atomic E-state index is 12.1. The number of carboxylic acids is 1. The molecule has 0 saturated heterocycles. The second-order valence-corrected chi connectivity index (χ2v) is 7.41. The average Bonchev–Trinajstić information content (AvgIpc) is 3.12. The SMILES string of the molecule is O=C(O)Cc1ccc(C#CCCNC(=O)OCC2c3ccccc3-c3ccccc32)cn1. The number of alkyl carbamates (subject to hydrolysis) is 1. The Bertz CT molecular complexity index is 1150. The number of aromatic nitrogens is 1. The summed E-state index contributed by atoms with van der Waals surface area (Å²) in [5.41, 5.74) is 5.92. The van der Waals surface area contributed by atoms with Gasteiger partial charge in [0.1, 0.15) is 6.61 Å². The first-order valence-corrected chi connectivity index (χ1v) is 10.4. The quantitative estimate of drug-likeness (QED) is 0.460. The second kappa shape index (κ2) is 9.80. The Morgan fingerprint density at radius 1 is 1.00 bits per heavy atom. The van der Waals surface area contributed by atoms with Crippen LogP contribution in [-0.2, 0) is 16.0 Å². The third-order valence-electron chi connectivity index (χ3n) is 5.25. The normalized spacial score (nSPS) is 11.6. The first-order chi connectivity index (χ1) is 15.6. The molecule has 0 radical (unpaired) electrons. The summed E-state index contributed by atoms with van der Waals surface area (Å²) in [6, 6.07) is 19.8. The van der Waals surface area contributed by atoms with E-state index >= 15 is 0 Å². The third-order valence-corrected chi connectivity index (χ3v) is 5.25. The molecule has 1 amide bonds. The minimum absolute atomic E-state index is 0.0320. The molecule has 0 saturated carbocycles. The molecule has 1 heterocycles. The van der Waals surface area contributed by atoms with Crippen LogP contribution in [0.2, 0.25) is 0 Å². The van der Waals surface area contributed by atoms with Crippen LogP contribution in [-0.4, -0.2) is 35.3 Å². The molecule has 6 heteroatoms. The molecule has 2 aromatic carbocycles. The highest BCUT2D eigenvalue weighted by molar-refractivity contribution is 5.79. The molecule has 6 nitrogen and oxygen atoms in total. The van der Waals surface area contributed by atoms with Crippen molar-refractivity contribution >= 4 is 12.1 Å². The van der Waals surface area contributed by atoms with Crippen molar-refractivity contribution in [3.8, 4) is 23.0 Å². The van der Waals surface area contributed by atoms with Crippen LogP contribution in [0.5, 0.6) is 0 Å². The standard InChI is InChI=1S/C26H22N2O4/c29-25(30)15-19-13-12-18(16-28-19)7-5-6-14-27-26(31)32-17-24-22-10-3-1-8-20(22)21-9-2-4-11-23(21)24/h1-4,8-13,16,24H,6,14-15,17H2,(H,27,31)(H,29,30). The molecular weight excluding hydrogens is 404 g/mol. The Hall–Kier alpha value is -4.11. The number of carbonyl (C=O) groups is 2. The summed E-state index contributed by atoms with van der Waals surface area (Å²) in [7, 11) is 0. The number of amides is 1. The third kappa shape index (κ3) is 4.96. The molecule has 1 aromatic heterocycles. The molecule has 0 unspecified atom stereocenters. The van der Waals surface area contributed by atoms with E-state index < -0.39 is 12.1 Å². The number of carboxylic acid groups (broad SMARTS) is 1. The van der Waals surface area contributed by atoms with Crippen LogP contribution < -0.4 is 5.32 Å². The van der Waals surface area contributed by atoms with Gasteiger partial charge in [0.15, 0.2) is 0 Å². The molecule has 0 bridgehead atoms. The summed E-state index contributed by atoms with van der Waals surface area (Å²) in [6.07, 6.45) is 1.43. The van der Waals surface area contributed by atoms with Crippen molar-refractivity contribution in [1.29, 1.82) is 0 Å². The predicted molar refractivity (Wildman–Crippen MR) is 120 cm³/mol. The fourth-order valence-corrected chi connectivity index (χ4v) is 3.80. The van der Waals surface area contributed by atoms with Gasteiger partial charge in [-0.1, -0.05) is 60.4 Å². The van der Waals surface area contributed by atoms with Gasteiger partial charge in [0.05, 0.1) is 12.1 Å². The van der Waals surface area contributed by atoms with Gasteiger partial charge in [-0.15, -0.1) is 0 Å². The molecule has 32 heavy (non-hydrogen) atoms. The molecule has 0 atom stereocenters. The first-order valence-electron chi connectivity index (χ1n) is 10.4. The molecule has 1 aliphatic rings. The van der Waals surface area contributed by atoms with E-state index in [1.807, 2.05) is 24.3 Å². The number of nitrogens with one attached hydrogen (secondary N) is 1. The van der Waals surface area contributed by atoms with Crippen molar-refractivity contribution in [3.63, 3.8) is 0 Å². The van der Waals surface area contributed by atoms with Gasteiger partial charge in [0.2, 0.25) is 0 Å². The lowest BCUT2D eigenvalue weighted by atomic mass is 9.98. The minimum Gasteiger partial charge on any atom is -0.481 e. The van der Waals surface area contributed by atoms with Crippen LogP contribution in [0.1, 0.15) is 34.7 Å². The Morgan fingerprint density at radius 3 is 2.31 bits per heavy atom. The summed E-state index contributed by atoms with van der Waals surface area (Å²) in [5, 5.41) is 11.5. The Kier molecular flexibility index (Phi) is 6.47. The molecule has 4 rings (SSSR count). The van der Waals surface area contributed by atoms with Crippen molar-refractivity contribution in [2.75, 3.05) is 13.2 Å². The number of hydrogen-bond acceptors (Lipinski definition) is 4. The lowest BCUT2D eigenvalue weighted by molar-refractivity contribution is -0.136. The van der Waals surface area contributed by atoms with Crippen molar-refractivity contribution in [2.24, 2.45) is 0 Å². The van der Waals surface area contributed by atoms with Crippen LogP contribution in [0.3, 0.4) is 0 Å². The zero-order valence-electron chi connectivity index (χ0n) is 17.4. The zero-order valence-corrected chi connectivity index (χ0v) is 17.4. The van der Waals surface area contributed by atoms with Crippen LogP contribution in [0, 0.1) is 11.8 Å². The summed E-state index contributed by atoms with van der Waals surface area (Å²) >= 11 is 0. The van der Waals surface area contributed by atoms with Crippen molar-refractivity contribution < 1.29 is 19.4 Å². The highest BCUT2D eigenvalue weighted by Gasteiger charge is 2.28. The number of ether oxygens (including phenoxy) is 1. The van der Waals surface area contributed by atoms with Gasteiger partial charge in [-0.05, 0) is 34.4 Å². The highest BCUT2D eigenvalue weighted by Crippen LogP contribution is 2.44. The van der Waals surface area contributed by atoms with Gasteiger partial charge >= 0.3 is 12.1 Å². The van der Waals surface area contributed by atoms with E-state index in [2.05, 4.69) is 46.4 Å². The van der Waals surface area contributed by atoms with Gasteiger partial charge < -0.3 is 15.2 Å². The maximum atomic E-state index is 12.1. The smallest absolute Gasteiger partial charge is 0.407 e. The number of pyridine rings is 1. The molecular formula is C26H22N2O4. The number of aliphatic carboxylic acids is 1. The van der Waals surface area contributed by atoms with Crippen molar-refractivity contribution in [1.82, 2.24) is 10.3 Å². The molecule has 1 aliphatic carbocycles. The van der Waals surface area contributed by atoms with E-state index in [0.717, 1.165) is 0 Å². The lowest BCUT2D eigenvalue weighted by Gasteiger charge is -2.14. The zero-order chi connectivity index (χ0) is 22.3. The molecule has 0 spiro atoms. The molecule has 0 aliphatic heterocycles. The highest BCUT2D eigenvalue weighted by atomic mass is 16.5. The summed E-state index contributed by atoms with van der Waals surface area (Å²) in [6.45, 7) is 0.647. The van der Waals surface area contributed by atoms with Crippen LogP contribution >= 0.6 is 0 Å². The molecule has 160 valence electrons. The predicted octanol–water partition coefficient (Wildman–Crippen LogP) is 3.99. The van der Waals surface area contributed by atoms with E-state index in [1.54, 1.807) is 18.3 Å². The fourth-order valence-electron chi connectivity index (χ4n) is 3.80. The maximum Gasteiger partial charge on any atom is 0.407 e. The Balaban J connectivity index is 1.25. The number of fused-ring (bicyclic) bond motifs is 3. The van der Waals surface area contributed by atoms with Gasteiger partial charge in [0, 0.05) is 30.6 Å². The topological polar surface area (TPSA) is 88.5 Å². The van der Waals surface area contributed by atoms with Crippen LogP contribution in [0.4, 0.5) is 4.79 Å². The monoisotopic (exact) mass is 426 g/mol. The van der Waals surface area contributed by atoms with Crippen molar-refractivity contribution in [2.45, 2.75) is 18.8 Å². The fraction of sp³-hybridized carbons (Fsp3) is 0.192. The second-order valence-electron chi connectivity index (χ2n) is 7.41. The van der Waals surface area contributed by atoms with E-state index in [9.17, 15) is 9.59 Å². The van der Waals surface area contributed by atoms with Crippen molar-refractivity contribution in [3.05, 3.63) is 89.2 Å². The largest absolute Gasteiger partial charge is 0.481 e. The van der Waals surface area contributed by atoms with Gasteiger partial charge in [-0.2, -0.15) is 0 Å². The van der Waals surface area contributed by atoms with Crippen LogP contribution in [0.15, 0.2) is 66.9 Å². The minimum atomic E-state index is -0.921. The Labute approximate surface area is 186 Å². The first kappa shape index (κ1) is 21.1. The van der Waals surface area contributed by atoms with Gasteiger partial charge in [0.25, 0.3) is 0 Å². The van der Waals surface area contributed by atoms with E-state index in [0.29, 0.717) is 24.2 Å². The number of nitrogens with zero attached hydrogens (tertiary/aromatic N) is 1. The number of benzene rings is 2. The number of rotatable bonds is 6. The summed E-state index contributed by atoms with van der Waals surface area (Å²) in [4.78, 5) is 26.9. The van der Waals surface area contributed by atoms with E-state index in [4.69, 9.17) is 9.84 Å². The van der Waals surface area contributed by atoms with Gasteiger partial charge in [-0.25, -0.2) is 4.79 Å². The molecule has 0 fully saturated rings. The van der Waals surface area contributed by atoms with E-state index in [-0.39, 0.29) is 18.9 Å². The van der Waals surface area contributed by atoms with E-state index in [1.165, 1.54) is 22.3 Å². The summed E-state index contributed by atoms with van der Waals surface area (Å²) in [5.74, 6) is 5.02. The Morgan fingerprint density at radius 2 is 1.69 bits per heavy atom. The molecule has 3 aromatic rings. The molecule has 2 N–H and O–H groups in total. The van der Waals surface area contributed by atoms with Crippen LogP contribution in [0.25, 0.3) is 11.1 Å². The summed E-state index contributed by atoms with van der Waals surface area (Å²) < 4.78 is 5.49. The average molecular weight is 426 g/mol. The number of carbonyl (C=O) groups excluding carboxylic acids is 1. The van der Waals surface area contributed by atoms with Gasteiger partial charge in [-0.3, -0.25) is 9.78 Å². The lowest BCUT2D eigenvalue weighted by Crippen LogP contribution is -2.26. The number of hydrogen-bond donors (Lipinski definition) is 2.